The smallest absolute Gasteiger partial charge is 0.262 e. The number of fused-ring (bicyclic) bond motifs is 1. The molecule has 3 rings (SSSR count). The molecule has 0 fully saturated rings. The molecular weight excluding hydrogens is 444 g/mol. The number of hydrogen-bond acceptors (Lipinski definition) is 7. The van der Waals surface area contributed by atoms with E-state index in [4.69, 9.17) is 9.84 Å². The first kappa shape index (κ1) is 24.3. The van der Waals surface area contributed by atoms with Crippen molar-refractivity contribution in [1.82, 2.24) is 14.9 Å². The van der Waals surface area contributed by atoms with Gasteiger partial charge in [0, 0.05) is 13.2 Å². The predicted octanol–water partition coefficient (Wildman–Crippen LogP) is 1.94. The zero-order valence-electron chi connectivity index (χ0n) is 18.5. The molecule has 174 valence electrons. The van der Waals surface area contributed by atoms with Gasteiger partial charge < -0.3 is 20.5 Å². The third kappa shape index (κ3) is 6.33. The molecule has 0 aliphatic carbocycles. The third-order valence-corrected chi connectivity index (χ3v) is 5.75. The monoisotopic (exact) mass is 470 g/mol. The van der Waals surface area contributed by atoms with E-state index in [1.807, 2.05) is 13.0 Å². The second kappa shape index (κ2) is 11.5. The molecule has 2 aromatic carbocycles. The first-order valence-corrected chi connectivity index (χ1v) is 11.4. The van der Waals surface area contributed by atoms with Crippen molar-refractivity contribution in [3.05, 3.63) is 58.4 Å². The van der Waals surface area contributed by atoms with E-state index in [0.29, 0.717) is 33.9 Å². The molecule has 10 heteroatoms. The average Bonchev–Trinajstić information content (AvgIpc) is 2.81. The number of benzene rings is 2. The Morgan fingerprint density at radius 1 is 1.18 bits per heavy atom. The minimum absolute atomic E-state index is 0.0229. The molecular formula is C23H26N4O5S. The number of hydrogen-bond donors (Lipinski definition) is 3. The van der Waals surface area contributed by atoms with Crippen LogP contribution in [0.15, 0.2) is 52.4 Å². The van der Waals surface area contributed by atoms with Crippen LogP contribution in [0.4, 0.5) is 5.69 Å². The van der Waals surface area contributed by atoms with Gasteiger partial charge >= 0.3 is 0 Å². The highest BCUT2D eigenvalue weighted by Crippen LogP contribution is 2.25. The van der Waals surface area contributed by atoms with E-state index >= 15 is 0 Å². The number of carbonyl (C=O) groups excluding carboxylic acids is 2. The van der Waals surface area contributed by atoms with Crippen LogP contribution < -0.4 is 20.9 Å². The third-order valence-electron chi connectivity index (χ3n) is 4.77. The summed E-state index contributed by atoms with van der Waals surface area (Å²) in [5.74, 6) is -0.257. The van der Waals surface area contributed by atoms with E-state index in [1.54, 1.807) is 36.4 Å². The van der Waals surface area contributed by atoms with Crippen LogP contribution in [0.1, 0.15) is 12.0 Å². The second-order valence-electron chi connectivity index (χ2n) is 7.26. The number of nitrogens with zero attached hydrogens (tertiary/aromatic N) is 2. The van der Waals surface area contributed by atoms with Crippen molar-refractivity contribution in [3.8, 4) is 5.75 Å². The Bertz CT molecular complexity index is 1210. The summed E-state index contributed by atoms with van der Waals surface area (Å²) in [6.45, 7) is 1.91. The molecule has 1 heterocycles. The Labute approximate surface area is 195 Å². The SMILES string of the molecule is COc1ccc(C)cc1NC(=O)CNC(=O)CSc1nc2ccccc2c(=O)n1CCCO. The van der Waals surface area contributed by atoms with E-state index in [1.165, 1.54) is 11.7 Å². The van der Waals surface area contributed by atoms with Gasteiger partial charge in [-0.25, -0.2) is 4.98 Å². The summed E-state index contributed by atoms with van der Waals surface area (Å²) in [5, 5.41) is 15.3. The van der Waals surface area contributed by atoms with Crippen LogP contribution in [-0.2, 0) is 16.1 Å². The number of amides is 2. The summed E-state index contributed by atoms with van der Waals surface area (Å²) >= 11 is 1.10. The van der Waals surface area contributed by atoms with Crippen LogP contribution in [0.5, 0.6) is 5.75 Å². The molecule has 0 atom stereocenters. The van der Waals surface area contributed by atoms with Crippen LogP contribution >= 0.6 is 11.8 Å². The number of methoxy groups -OCH3 is 1. The number of rotatable bonds is 10. The molecule has 3 N–H and O–H groups in total. The molecule has 3 aromatic rings. The molecule has 9 nitrogen and oxygen atoms in total. The van der Waals surface area contributed by atoms with Crippen LogP contribution in [0, 0.1) is 6.92 Å². The van der Waals surface area contributed by atoms with Gasteiger partial charge in [-0.1, -0.05) is 30.0 Å². The molecule has 2 amide bonds. The van der Waals surface area contributed by atoms with Gasteiger partial charge in [-0.15, -0.1) is 0 Å². The summed E-state index contributed by atoms with van der Waals surface area (Å²) in [4.78, 5) is 41.9. The fourth-order valence-electron chi connectivity index (χ4n) is 3.16. The van der Waals surface area contributed by atoms with Crippen molar-refractivity contribution >= 4 is 40.2 Å². The maximum absolute atomic E-state index is 12.8. The van der Waals surface area contributed by atoms with Gasteiger partial charge in [-0.05, 0) is 43.2 Å². The van der Waals surface area contributed by atoms with Crippen LogP contribution in [-0.4, -0.2) is 52.5 Å². The molecule has 1 aromatic heterocycles. The Balaban J connectivity index is 1.62. The predicted molar refractivity (Wildman–Crippen MR) is 128 cm³/mol. The Morgan fingerprint density at radius 3 is 2.73 bits per heavy atom. The number of aliphatic hydroxyl groups excluding tert-OH is 1. The first-order valence-electron chi connectivity index (χ1n) is 10.4. The quantitative estimate of drug-likeness (QED) is 0.306. The number of aryl methyl sites for hydroxylation is 1. The minimum atomic E-state index is -0.388. The lowest BCUT2D eigenvalue weighted by atomic mass is 10.2. The molecule has 0 spiro atoms. The normalized spacial score (nSPS) is 10.8. The second-order valence-corrected chi connectivity index (χ2v) is 8.21. The number of para-hydroxylation sites is 1. The maximum Gasteiger partial charge on any atom is 0.262 e. The standard InChI is InChI=1S/C23H26N4O5S/c1-15-8-9-19(32-2)18(12-15)25-20(29)13-24-21(30)14-33-23-26-17-7-4-3-6-16(17)22(31)27(23)10-5-11-28/h3-4,6-9,12,28H,5,10-11,13-14H2,1-2H3,(H,24,30)(H,25,29). The lowest BCUT2D eigenvalue weighted by Gasteiger charge is -2.13. The van der Waals surface area contributed by atoms with Crippen molar-refractivity contribution in [1.29, 1.82) is 0 Å². The van der Waals surface area contributed by atoms with Crippen LogP contribution in [0.25, 0.3) is 10.9 Å². The van der Waals surface area contributed by atoms with Crippen LogP contribution in [0.2, 0.25) is 0 Å². The van der Waals surface area contributed by atoms with Crippen molar-refractivity contribution < 1.29 is 19.4 Å². The number of anilines is 1. The van der Waals surface area contributed by atoms with Gasteiger partial charge in [0.05, 0.1) is 36.0 Å². The lowest BCUT2D eigenvalue weighted by Crippen LogP contribution is -2.34. The molecule has 0 aliphatic heterocycles. The molecule has 33 heavy (non-hydrogen) atoms. The molecule has 0 aliphatic rings. The Kier molecular flexibility index (Phi) is 8.45. The van der Waals surface area contributed by atoms with Gasteiger partial charge in [0.2, 0.25) is 11.8 Å². The number of carbonyl (C=O) groups is 2. The highest BCUT2D eigenvalue weighted by Gasteiger charge is 2.14. The lowest BCUT2D eigenvalue weighted by molar-refractivity contribution is -0.122. The highest BCUT2D eigenvalue weighted by atomic mass is 32.2. The maximum atomic E-state index is 12.8. The van der Waals surface area contributed by atoms with Gasteiger partial charge in [-0.2, -0.15) is 0 Å². The fourth-order valence-corrected chi connectivity index (χ4v) is 4.01. The molecule has 0 saturated carbocycles. The number of nitrogens with one attached hydrogen (secondary N) is 2. The summed E-state index contributed by atoms with van der Waals surface area (Å²) in [6.07, 6.45) is 0.391. The number of thioether (sulfide) groups is 1. The van der Waals surface area contributed by atoms with Crippen LogP contribution in [0.3, 0.4) is 0 Å². The van der Waals surface area contributed by atoms with E-state index in [0.717, 1.165) is 17.3 Å². The summed E-state index contributed by atoms with van der Waals surface area (Å²) in [6, 6.07) is 12.4. The molecule has 0 bridgehead atoms. The van der Waals surface area contributed by atoms with E-state index < -0.39 is 0 Å². The average molecular weight is 471 g/mol. The zero-order valence-corrected chi connectivity index (χ0v) is 19.3. The summed E-state index contributed by atoms with van der Waals surface area (Å²) in [5.41, 5.74) is 1.81. The van der Waals surface area contributed by atoms with Crippen molar-refractivity contribution in [2.45, 2.75) is 25.0 Å². The zero-order chi connectivity index (χ0) is 23.8. The van der Waals surface area contributed by atoms with Crippen molar-refractivity contribution in [2.75, 3.05) is 31.3 Å². The number of aliphatic hydroxyl groups is 1. The Hall–Kier alpha value is -3.37. The number of aromatic nitrogens is 2. The topological polar surface area (TPSA) is 123 Å². The molecule has 0 unspecified atom stereocenters. The van der Waals surface area contributed by atoms with Gasteiger partial charge in [0.1, 0.15) is 5.75 Å². The van der Waals surface area contributed by atoms with Crippen molar-refractivity contribution in [2.24, 2.45) is 0 Å². The largest absolute Gasteiger partial charge is 0.495 e. The first-order chi connectivity index (χ1) is 15.9. The van der Waals surface area contributed by atoms with Crippen molar-refractivity contribution in [3.63, 3.8) is 0 Å². The van der Waals surface area contributed by atoms with Gasteiger partial charge in [0.25, 0.3) is 5.56 Å². The van der Waals surface area contributed by atoms with Gasteiger partial charge in [0.15, 0.2) is 5.16 Å². The summed E-state index contributed by atoms with van der Waals surface area (Å²) in [7, 11) is 1.51. The van der Waals surface area contributed by atoms with Gasteiger partial charge in [-0.3, -0.25) is 19.0 Å². The van der Waals surface area contributed by atoms with E-state index in [-0.39, 0.29) is 42.8 Å². The highest BCUT2D eigenvalue weighted by molar-refractivity contribution is 7.99. The number of ether oxygens (including phenoxy) is 1. The van der Waals surface area contributed by atoms with E-state index in [2.05, 4.69) is 15.6 Å². The Morgan fingerprint density at radius 2 is 1.97 bits per heavy atom. The summed E-state index contributed by atoms with van der Waals surface area (Å²) < 4.78 is 6.70. The van der Waals surface area contributed by atoms with E-state index in [9.17, 15) is 14.4 Å². The fraction of sp³-hybridized carbons (Fsp3) is 0.304. The molecule has 0 saturated heterocycles. The molecule has 0 radical (unpaired) electrons. The minimum Gasteiger partial charge on any atom is -0.495 e.